The van der Waals surface area contributed by atoms with Crippen LogP contribution in [0.2, 0.25) is 0 Å². The number of fused-ring (bicyclic) bond motifs is 1. The summed E-state index contributed by atoms with van der Waals surface area (Å²) < 4.78 is 29.6. The second-order valence-corrected chi connectivity index (χ2v) is 11.2. The van der Waals surface area contributed by atoms with E-state index in [-0.39, 0.29) is 34.6 Å². The van der Waals surface area contributed by atoms with Crippen molar-refractivity contribution in [3.05, 3.63) is 29.8 Å². The molecule has 3 fully saturated rings. The predicted octanol–water partition coefficient (Wildman–Crippen LogP) is 2.87. The van der Waals surface area contributed by atoms with Gasteiger partial charge in [-0.25, -0.2) is 8.42 Å². The second-order valence-electron chi connectivity index (χ2n) is 7.85. The Hall–Kier alpha value is -1.54. The molecule has 2 saturated heterocycles. The average molecular weight is 423 g/mol. The Labute approximate surface area is 170 Å². The van der Waals surface area contributed by atoms with Gasteiger partial charge >= 0.3 is 0 Å². The van der Waals surface area contributed by atoms with E-state index < -0.39 is 9.84 Å². The Bertz CT molecular complexity index is 878. The molecule has 2 atom stereocenters. The summed E-state index contributed by atoms with van der Waals surface area (Å²) in [6.45, 7) is 0.525. The SMILES string of the molecule is COc1cccc(CN2C(=NC(=O)C3CCCCC3)S[C@H]3CS(=O)(=O)C[C@@H]32)c1. The van der Waals surface area contributed by atoms with Gasteiger partial charge in [-0.05, 0) is 30.5 Å². The molecule has 0 bridgehead atoms. The van der Waals surface area contributed by atoms with Gasteiger partial charge in [-0.2, -0.15) is 4.99 Å². The fourth-order valence-electron chi connectivity index (χ4n) is 4.32. The molecule has 2 heterocycles. The Morgan fingerprint density at radius 2 is 2.04 bits per heavy atom. The number of benzene rings is 1. The molecule has 3 aliphatic rings. The smallest absolute Gasteiger partial charge is 0.251 e. The van der Waals surface area contributed by atoms with Crippen molar-refractivity contribution in [1.29, 1.82) is 0 Å². The van der Waals surface area contributed by atoms with E-state index in [1.165, 1.54) is 18.2 Å². The number of rotatable bonds is 4. The van der Waals surface area contributed by atoms with Crippen LogP contribution >= 0.6 is 11.8 Å². The quantitative estimate of drug-likeness (QED) is 0.743. The van der Waals surface area contributed by atoms with Gasteiger partial charge in [0.25, 0.3) is 5.91 Å². The fourth-order valence-corrected chi connectivity index (χ4v) is 8.28. The minimum Gasteiger partial charge on any atom is -0.497 e. The number of methoxy groups -OCH3 is 1. The third-order valence-electron chi connectivity index (χ3n) is 5.82. The fraction of sp³-hybridized carbons (Fsp3) is 0.600. The molecule has 0 radical (unpaired) electrons. The summed E-state index contributed by atoms with van der Waals surface area (Å²) >= 11 is 1.46. The first-order valence-electron chi connectivity index (χ1n) is 9.84. The number of nitrogens with zero attached hydrogens (tertiary/aromatic N) is 2. The molecular formula is C20H26N2O4S2. The third-order valence-corrected chi connectivity index (χ3v) is 9.07. The minimum atomic E-state index is -3.04. The number of amidine groups is 1. The molecule has 6 nitrogen and oxygen atoms in total. The molecule has 0 spiro atoms. The van der Waals surface area contributed by atoms with Crippen LogP contribution in [-0.4, -0.2) is 54.3 Å². The molecule has 1 saturated carbocycles. The highest BCUT2D eigenvalue weighted by molar-refractivity contribution is 8.15. The Kier molecular flexibility index (Phi) is 5.69. The van der Waals surface area contributed by atoms with E-state index in [0.29, 0.717) is 11.7 Å². The van der Waals surface area contributed by atoms with Crippen LogP contribution in [0.4, 0.5) is 0 Å². The van der Waals surface area contributed by atoms with Gasteiger partial charge in [-0.3, -0.25) is 4.79 Å². The number of hydrogen-bond acceptors (Lipinski definition) is 5. The third kappa shape index (κ3) is 4.22. The second kappa shape index (κ2) is 8.06. The van der Waals surface area contributed by atoms with E-state index in [1.54, 1.807) is 7.11 Å². The predicted molar refractivity (Wildman–Crippen MR) is 111 cm³/mol. The van der Waals surface area contributed by atoms with Crippen LogP contribution in [0.25, 0.3) is 0 Å². The first-order chi connectivity index (χ1) is 13.4. The van der Waals surface area contributed by atoms with Crippen LogP contribution in [-0.2, 0) is 21.2 Å². The topological polar surface area (TPSA) is 76.0 Å². The monoisotopic (exact) mass is 422 g/mol. The van der Waals surface area contributed by atoms with Crippen molar-refractivity contribution in [3.8, 4) is 5.75 Å². The number of hydrogen-bond donors (Lipinski definition) is 0. The lowest BCUT2D eigenvalue weighted by atomic mass is 9.89. The highest BCUT2D eigenvalue weighted by atomic mass is 32.2. The summed E-state index contributed by atoms with van der Waals surface area (Å²) in [5.41, 5.74) is 1.02. The number of carbonyl (C=O) groups excluding carboxylic acids is 1. The van der Waals surface area contributed by atoms with Crippen molar-refractivity contribution in [3.63, 3.8) is 0 Å². The molecule has 28 heavy (non-hydrogen) atoms. The Morgan fingerprint density at radius 1 is 1.25 bits per heavy atom. The molecule has 0 aromatic heterocycles. The van der Waals surface area contributed by atoms with Gasteiger partial charge in [-0.15, -0.1) is 0 Å². The van der Waals surface area contributed by atoms with E-state index in [2.05, 4.69) is 4.99 Å². The molecule has 8 heteroatoms. The van der Waals surface area contributed by atoms with Crippen molar-refractivity contribution < 1.29 is 17.9 Å². The van der Waals surface area contributed by atoms with Gasteiger partial charge in [0.1, 0.15) is 5.75 Å². The van der Waals surface area contributed by atoms with Crippen molar-refractivity contribution in [2.45, 2.75) is 49.9 Å². The summed E-state index contributed by atoms with van der Waals surface area (Å²) in [4.78, 5) is 19.2. The maximum atomic E-state index is 12.7. The first kappa shape index (κ1) is 19.8. The van der Waals surface area contributed by atoms with E-state index in [0.717, 1.165) is 37.0 Å². The normalized spacial score (nSPS) is 28.5. The Balaban J connectivity index is 1.59. The highest BCUT2D eigenvalue weighted by Gasteiger charge is 2.48. The number of amides is 1. The minimum absolute atomic E-state index is 0.0182. The number of carbonyl (C=O) groups is 1. The lowest BCUT2D eigenvalue weighted by Crippen LogP contribution is -2.37. The van der Waals surface area contributed by atoms with Crippen molar-refractivity contribution >= 4 is 32.7 Å². The molecular weight excluding hydrogens is 396 g/mol. The number of sulfone groups is 1. The summed E-state index contributed by atoms with van der Waals surface area (Å²) in [5, 5.41) is 0.636. The Morgan fingerprint density at radius 3 is 2.79 bits per heavy atom. The van der Waals surface area contributed by atoms with Crippen molar-refractivity contribution in [1.82, 2.24) is 4.90 Å². The highest BCUT2D eigenvalue weighted by Crippen LogP contribution is 2.39. The molecule has 4 rings (SSSR count). The van der Waals surface area contributed by atoms with E-state index >= 15 is 0 Å². The summed E-state index contributed by atoms with van der Waals surface area (Å²) in [7, 11) is -1.42. The zero-order valence-electron chi connectivity index (χ0n) is 16.0. The summed E-state index contributed by atoms with van der Waals surface area (Å²) in [5.74, 6) is 1.03. The maximum Gasteiger partial charge on any atom is 0.251 e. The molecule has 0 N–H and O–H groups in total. The van der Waals surface area contributed by atoms with Crippen LogP contribution in [0.1, 0.15) is 37.7 Å². The largest absolute Gasteiger partial charge is 0.497 e. The van der Waals surface area contributed by atoms with Gasteiger partial charge < -0.3 is 9.64 Å². The van der Waals surface area contributed by atoms with Gasteiger partial charge in [0, 0.05) is 17.7 Å². The first-order valence-corrected chi connectivity index (χ1v) is 12.5. The van der Waals surface area contributed by atoms with Crippen LogP contribution in [0.5, 0.6) is 5.75 Å². The van der Waals surface area contributed by atoms with Crippen molar-refractivity contribution in [2.24, 2.45) is 10.9 Å². The van der Waals surface area contributed by atoms with Gasteiger partial charge in [0.2, 0.25) is 0 Å². The molecule has 2 aliphatic heterocycles. The number of thioether (sulfide) groups is 1. The van der Waals surface area contributed by atoms with E-state index in [4.69, 9.17) is 4.74 Å². The van der Waals surface area contributed by atoms with E-state index in [9.17, 15) is 13.2 Å². The van der Waals surface area contributed by atoms with Gasteiger partial charge in [0.15, 0.2) is 15.0 Å². The summed E-state index contributed by atoms with van der Waals surface area (Å²) in [6.07, 6.45) is 5.20. The van der Waals surface area contributed by atoms with Gasteiger partial charge in [-0.1, -0.05) is 43.2 Å². The van der Waals surface area contributed by atoms with Crippen LogP contribution in [0.3, 0.4) is 0 Å². The molecule has 1 aromatic rings. The molecule has 152 valence electrons. The van der Waals surface area contributed by atoms with Crippen LogP contribution < -0.4 is 4.74 Å². The maximum absolute atomic E-state index is 12.7. The van der Waals surface area contributed by atoms with Crippen LogP contribution in [0, 0.1) is 5.92 Å². The lowest BCUT2D eigenvalue weighted by Gasteiger charge is -2.25. The number of aliphatic imine (C=N–C) groups is 1. The average Bonchev–Trinajstić information content (AvgIpc) is 3.15. The number of ether oxygens (including phenoxy) is 1. The zero-order chi connectivity index (χ0) is 19.7. The summed E-state index contributed by atoms with van der Waals surface area (Å²) in [6, 6.07) is 7.61. The van der Waals surface area contributed by atoms with E-state index in [1.807, 2.05) is 29.2 Å². The standard InChI is InChI=1S/C20H26N2O4S2/c1-26-16-9-5-6-14(10-16)11-22-17-12-28(24,25)13-18(17)27-20(22)21-19(23)15-7-3-2-4-8-15/h5-6,9-10,15,17-18H,2-4,7-8,11-13H2,1H3/t17-,18-/m0/s1. The molecule has 1 amide bonds. The molecule has 1 aromatic carbocycles. The molecule has 1 aliphatic carbocycles. The molecule has 0 unspecified atom stereocenters. The van der Waals surface area contributed by atoms with Gasteiger partial charge in [0.05, 0.1) is 24.7 Å². The lowest BCUT2D eigenvalue weighted by molar-refractivity contribution is -0.122. The van der Waals surface area contributed by atoms with Crippen molar-refractivity contribution in [2.75, 3.05) is 18.6 Å². The zero-order valence-corrected chi connectivity index (χ0v) is 17.7. The van der Waals surface area contributed by atoms with Crippen LogP contribution in [0.15, 0.2) is 29.3 Å².